The van der Waals surface area contributed by atoms with E-state index < -0.39 is 21.7 Å². The van der Waals surface area contributed by atoms with Gasteiger partial charge in [0.05, 0.1) is 10.6 Å². The van der Waals surface area contributed by atoms with Crippen molar-refractivity contribution in [2.45, 2.75) is 18.7 Å². The van der Waals surface area contributed by atoms with Crippen LogP contribution in [0, 0.1) is 25.5 Å². The van der Waals surface area contributed by atoms with Crippen LogP contribution >= 0.6 is 11.6 Å². The molecule has 7 heteroatoms. The molecule has 0 aliphatic rings. The van der Waals surface area contributed by atoms with Gasteiger partial charge in [0.25, 0.3) is 10.0 Å². The van der Waals surface area contributed by atoms with Crippen molar-refractivity contribution in [1.29, 1.82) is 0 Å². The molecule has 0 spiro atoms. The van der Waals surface area contributed by atoms with Crippen LogP contribution in [-0.2, 0) is 10.0 Å². The molecule has 0 fully saturated rings. The van der Waals surface area contributed by atoms with Gasteiger partial charge in [-0.05, 0) is 60.9 Å². The highest BCUT2D eigenvalue weighted by Gasteiger charge is 2.19. The van der Waals surface area contributed by atoms with Gasteiger partial charge in [0, 0.05) is 16.7 Å². The molecule has 0 unspecified atom stereocenters. The number of rotatable bonds is 4. The van der Waals surface area contributed by atoms with Crippen LogP contribution in [0.2, 0.25) is 5.02 Å². The minimum Gasteiger partial charge on any atom is -0.279 e. The lowest BCUT2D eigenvalue weighted by atomic mass is 9.99. The van der Waals surface area contributed by atoms with Crippen molar-refractivity contribution < 1.29 is 17.2 Å². The molecular weight excluding hydrogens is 392 g/mol. The highest BCUT2D eigenvalue weighted by molar-refractivity contribution is 7.92. The molecule has 27 heavy (non-hydrogen) atoms. The van der Waals surface area contributed by atoms with Crippen LogP contribution in [-0.4, -0.2) is 8.42 Å². The molecule has 140 valence electrons. The van der Waals surface area contributed by atoms with Crippen LogP contribution in [0.1, 0.15) is 11.1 Å². The number of halogens is 3. The van der Waals surface area contributed by atoms with Crippen molar-refractivity contribution in [2.75, 3.05) is 4.72 Å². The first-order valence-corrected chi connectivity index (χ1v) is 9.89. The highest BCUT2D eigenvalue weighted by Crippen LogP contribution is 2.35. The average Bonchev–Trinajstić information content (AvgIpc) is 2.62. The zero-order chi connectivity index (χ0) is 19.8. The van der Waals surface area contributed by atoms with Gasteiger partial charge in [0.15, 0.2) is 11.6 Å². The third-order valence-electron chi connectivity index (χ3n) is 4.11. The van der Waals surface area contributed by atoms with E-state index in [1.165, 1.54) is 12.1 Å². The lowest BCUT2D eigenvalue weighted by molar-refractivity contribution is 0.509. The van der Waals surface area contributed by atoms with Gasteiger partial charge in [-0.1, -0.05) is 29.8 Å². The van der Waals surface area contributed by atoms with Gasteiger partial charge in [-0.25, -0.2) is 17.2 Å². The van der Waals surface area contributed by atoms with Crippen LogP contribution in [0.4, 0.5) is 14.5 Å². The lowest BCUT2D eigenvalue weighted by Crippen LogP contribution is -2.14. The summed E-state index contributed by atoms with van der Waals surface area (Å²) in [5, 5.41) is 0.563. The zero-order valence-corrected chi connectivity index (χ0v) is 16.1. The summed E-state index contributed by atoms with van der Waals surface area (Å²) in [6, 6.07) is 12.9. The third kappa shape index (κ3) is 3.96. The molecule has 0 amide bonds. The van der Waals surface area contributed by atoms with Gasteiger partial charge in [-0.2, -0.15) is 0 Å². The van der Waals surface area contributed by atoms with E-state index >= 15 is 0 Å². The Kier molecular flexibility index (Phi) is 5.22. The average molecular weight is 408 g/mol. The third-order valence-corrected chi connectivity index (χ3v) is 6.08. The molecule has 0 aliphatic carbocycles. The number of aryl methyl sites for hydroxylation is 2. The summed E-state index contributed by atoms with van der Waals surface area (Å²) >= 11 is 6.17. The van der Waals surface area contributed by atoms with E-state index in [-0.39, 0.29) is 16.1 Å². The van der Waals surface area contributed by atoms with Gasteiger partial charge < -0.3 is 0 Å². The van der Waals surface area contributed by atoms with Crippen molar-refractivity contribution in [2.24, 2.45) is 0 Å². The van der Waals surface area contributed by atoms with Crippen LogP contribution in [0.3, 0.4) is 0 Å². The number of benzene rings is 3. The Morgan fingerprint density at radius 1 is 0.889 bits per heavy atom. The maximum absolute atomic E-state index is 13.9. The summed E-state index contributed by atoms with van der Waals surface area (Å²) < 4.78 is 55.3. The second kappa shape index (κ2) is 7.29. The summed E-state index contributed by atoms with van der Waals surface area (Å²) in [5.74, 6) is -2.22. The Balaban J connectivity index is 2.16. The van der Waals surface area contributed by atoms with Crippen LogP contribution < -0.4 is 4.72 Å². The van der Waals surface area contributed by atoms with Crippen LogP contribution in [0.15, 0.2) is 59.5 Å². The monoisotopic (exact) mass is 407 g/mol. The molecule has 3 nitrogen and oxygen atoms in total. The SMILES string of the molecule is Cc1cc(-c2cc(F)c(F)cc2NS(=O)(=O)c2ccccc2)cc(C)c1Cl. The normalized spacial score (nSPS) is 11.4. The maximum atomic E-state index is 13.9. The maximum Gasteiger partial charge on any atom is 0.261 e. The fraction of sp³-hybridized carbons (Fsp3) is 0.100. The van der Waals surface area contributed by atoms with E-state index in [0.29, 0.717) is 10.6 Å². The molecule has 0 radical (unpaired) electrons. The second-order valence-corrected chi connectivity index (χ2v) is 8.21. The highest BCUT2D eigenvalue weighted by atomic mass is 35.5. The molecule has 0 bridgehead atoms. The van der Waals surface area contributed by atoms with Gasteiger partial charge in [0.2, 0.25) is 0 Å². The topological polar surface area (TPSA) is 46.2 Å². The smallest absolute Gasteiger partial charge is 0.261 e. The molecule has 0 saturated heterocycles. The second-order valence-electron chi connectivity index (χ2n) is 6.15. The molecule has 3 aromatic rings. The van der Waals surface area contributed by atoms with E-state index in [2.05, 4.69) is 4.72 Å². The molecule has 0 aromatic heterocycles. The van der Waals surface area contributed by atoms with Crippen molar-refractivity contribution in [3.8, 4) is 11.1 Å². The number of nitrogens with one attached hydrogen (secondary N) is 1. The van der Waals surface area contributed by atoms with Gasteiger partial charge in [-0.3, -0.25) is 4.72 Å². The van der Waals surface area contributed by atoms with Crippen LogP contribution in [0.25, 0.3) is 11.1 Å². The molecule has 3 rings (SSSR count). The fourth-order valence-electron chi connectivity index (χ4n) is 2.77. The van der Waals surface area contributed by atoms with Crippen molar-refractivity contribution >= 4 is 27.3 Å². The number of hydrogen-bond donors (Lipinski definition) is 1. The first kappa shape index (κ1) is 19.3. The summed E-state index contributed by atoms with van der Waals surface area (Å²) in [7, 11) is -3.97. The van der Waals surface area contributed by atoms with Gasteiger partial charge in [-0.15, -0.1) is 0 Å². The summed E-state index contributed by atoms with van der Waals surface area (Å²) in [4.78, 5) is 0.0177. The Bertz CT molecular complexity index is 1090. The van der Waals surface area contributed by atoms with E-state index in [4.69, 9.17) is 11.6 Å². The molecule has 0 saturated carbocycles. The Hall–Kier alpha value is -2.44. The van der Waals surface area contributed by atoms with Crippen molar-refractivity contribution in [1.82, 2.24) is 0 Å². The lowest BCUT2D eigenvalue weighted by Gasteiger charge is -2.15. The quantitative estimate of drug-likeness (QED) is 0.602. The van der Waals surface area contributed by atoms with Crippen molar-refractivity contribution in [3.05, 3.63) is 82.4 Å². The fourth-order valence-corrected chi connectivity index (χ4v) is 3.98. The summed E-state index contributed by atoms with van der Waals surface area (Å²) in [5.41, 5.74) is 2.18. The largest absolute Gasteiger partial charge is 0.279 e. The number of anilines is 1. The molecular formula is C20H16ClF2NO2S. The Labute approximate surface area is 161 Å². The predicted octanol–water partition coefficient (Wildman–Crippen LogP) is 5.70. The predicted molar refractivity (Wildman–Crippen MR) is 104 cm³/mol. The van der Waals surface area contributed by atoms with Crippen molar-refractivity contribution in [3.63, 3.8) is 0 Å². The van der Waals surface area contributed by atoms with Crippen LogP contribution in [0.5, 0.6) is 0 Å². The van der Waals surface area contributed by atoms with E-state index in [1.807, 2.05) is 0 Å². The Morgan fingerprint density at radius 3 is 2.04 bits per heavy atom. The standard InChI is InChI=1S/C20H16ClF2NO2S/c1-12-8-14(9-13(2)20(12)21)16-10-17(22)18(23)11-19(16)24-27(25,26)15-6-4-3-5-7-15/h3-11,24H,1-2H3. The van der Waals surface area contributed by atoms with E-state index in [0.717, 1.165) is 23.3 Å². The molecule has 1 N–H and O–H groups in total. The minimum atomic E-state index is -3.97. The first-order chi connectivity index (χ1) is 12.7. The molecule has 0 heterocycles. The summed E-state index contributed by atoms with van der Waals surface area (Å²) in [6.07, 6.45) is 0. The number of hydrogen-bond acceptors (Lipinski definition) is 2. The van der Waals surface area contributed by atoms with E-state index in [1.54, 1.807) is 44.2 Å². The molecule has 0 atom stereocenters. The number of sulfonamides is 1. The van der Waals surface area contributed by atoms with E-state index in [9.17, 15) is 17.2 Å². The van der Waals surface area contributed by atoms with Gasteiger partial charge in [0.1, 0.15) is 0 Å². The summed E-state index contributed by atoms with van der Waals surface area (Å²) in [6.45, 7) is 3.57. The minimum absolute atomic E-state index is 0.0177. The molecule has 0 aliphatic heterocycles. The Morgan fingerprint density at radius 2 is 1.44 bits per heavy atom. The zero-order valence-electron chi connectivity index (χ0n) is 14.6. The first-order valence-electron chi connectivity index (χ1n) is 8.03. The molecule has 3 aromatic carbocycles. The van der Waals surface area contributed by atoms with Gasteiger partial charge >= 0.3 is 0 Å².